The van der Waals surface area contributed by atoms with Gasteiger partial charge < -0.3 is 0 Å². The summed E-state index contributed by atoms with van der Waals surface area (Å²) in [6, 6.07) is 9.80. The topological polar surface area (TPSA) is 17.1 Å². The van der Waals surface area contributed by atoms with Gasteiger partial charge in [-0.2, -0.15) is 0 Å². The Morgan fingerprint density at radius 2 is 1.89 bits per heavy atom. The second-order valence-electron chi connectivity index (χ2n) is 4.30. The minimum absolute atomic E-state index is 0.0101. The van der Waals surface area contributed by atoms with Crippen molar-refractivity contribution in [1.82, 2.24) is 0 Å². The van der Waals surface area contributed by atoms with Crippen molar-refractivity contribution in [3.05, 3.63) is 69.0 Å². The number of halogens is 3. The summed E-state index contributed by atoms with van der Waals surface area (Å²) in [6.45, 7) is 1.91. The van der Waals surface area contributed by atoms with Gasteiger partial charge in [0.05, 0.1) is 10.6 Å². The summed E-state index contributed by atoms with van der Waals surface area (Å²) in [4.78, 5) is 12.1. The van der Waals surface area contributed by atoms with Crippen LogP contribution in [0.2, 0.25) is 10.0 Å². The van der Waals surface area contributed by atoms with E-state index in [2.05, 4.69) is 0 Å². The van der Waals surface area contributed by atoms with Crippen molar-refractivity contribution in [3.63, 3.8) is 0 Å². The Morgan fingerprint density at radius 1 is 1.16 bits per heavy atom. The standard InChI is InChI=1S/C15H11Cl2FO/c1-9-5-6-10(13(17)7-9)8-14(19)11-3-2-4-12(16)15(11)18/h2-7H,8H2,1H3. The van der Waals surface area contributed by atoms with Gasteiger partial charge in [0.1, 0.15) is 0 Å². The minimum Gasteiger partial charge on any atom is -0.294 e. The van der Waals surface area contributed by atoms with Crippen molar-refractivity contribution >= 4 is 29.0 Å². The molecule has 98 valence electrons. The van der Waals surface area contributed by atoms with E-state index in [9.17, 15) is 9.18 Å². The summed E-state index contributed by atoms with van der Waals surface area (Å²) in [6.07, 6.45) is 0.0520. The first kappa shape index (κ1) is 14.0. The molecule has 0 heterocycles. The highest BCUT2D eigenvalue weighted by Gasteiger charge is 2.15. The smallest absolute Gasteiger partial charge is 0.170 e. The van der Waals surface area contributed by atoms with Crippen molar-refractivity contribution in [3.8, 4) is 0 Å². The zero-order valence-corrected chi connectivity index (χ0v) is 11.7. The summed E-state index contributed by atoms with van der Waals surface area (Å²) in [5.41, 5.74) is 1.68. The van der Waals surface area contributed by atoms with Crippen LogP contribution in [0.3, 0.4) is 0 Å². The van der Waals surface area contributed by atoms with Crippen molar-refractivity contribution < 1.29 is 9.18 Å². The van der Waals surface area contributed by atoms with Gasteiger partial charge >= 0.3 is 0 Å². The van der Waals surface area contributed by atoms with E-state index in [1.54, 1.807) is 18.2 Å². The van der Waals surface area contributed by atoms with Gasteiger partial charge in [-0.1, -0.05) is 41.4 Å². The molecule has 19 heavy (non-hydrogen) atoms. The molecule has 0 aliphatic heterocycles. The highest BCUT2D eigenvalue weighted by Crippen LogP contribution is 2.22. The van der Waals surface area contributed by atoms with Crippen LogP contribution in [0.4, 0.5) is 4.39 Å². The van der Waals surface area contributed by atoms with Crippen LogP contribution in [0.1, 0.15) is 21.5 Å². The quantitative estimate of drug-likeness (QED) is 0.739. The van der Waals surface area contributed by atoms with Gasteiger partial charge in [0.25, 0.3) is 0 Å². The number of ketones is 1. The fourth-order valence-corrected chi connectivity index (χ4v) is 2.26. The van der Waals surface area contributed by atoms with Crippen LogP contribution in [-0.2, 0) is 6.42 Å². The van der Waals surface area contributed by atoms with Gasteiger partial charge in [-0.15, -0.1) is 0 Å². The molecule has 0 N–H and O–H groups in total. The van der Waals surface area contributed by atoms with Crippen LogP contribution in [0.25, 0.3) is 0 Å². The van der Waals surface area contributed by atoms with Crippen LogP contribution in [0, 0.1) is 12.7 Å². The molecular weight excluding hydrogens is 286 g/mol. The lowest BCUT2D eigenvalue weighted by Gasteiger charge is -2.06. The van der Waals surface area contributed by atoms with E-state index in [1.165, 1.54) is 12.1 Å². The van der Waals surface area contributed by atoms with Crippen LogP contribution < -0.4 is 0 Å². The first-order valence-electron chi connectivity index (χ1n) is 5.71. The van der Waals surface area contributed by atoms with E-state index < -0.39 is 5.82 Å². The average molecular weight is 297 g/mol. The molecule has 2 rings (SSSR count). The van der Waals surface area contributed by atoms with Crippen LogP contribution in [0.15, 0.2) is 36.4 Å². The molecule has 0 saturated heterocycles. The highest BCUT2D eigenvalue weighted by atomic mass is 35.5. The Labute approximate surface area is 121 Å². The predicted molar refractivity (Wildman–Crippen MR) is 75.6 cm³/mol. The fourth-order valence-electron chi connectivity index (χ4n) is 1.78. The molecular formula is C15H11Cl2FO. The Hall–Kier alpha value is -1.38. The molecule has 0 fully saturated rings. The molecule has 0 aliphatic carbocycles. The first-order chi connectivity index (χ1) is 8.99. The minimum atomic E-state index is -0.683. The molecule has 0 bridgehead atoms. The lowest BCUT2D eigenvalue weighted by molar-refractivity contribution is 0.0989. The number of carbonyl (C=O) groups is 1. The summed E-state index contributed by atoms with van der Waals surface area (Å²) >= 11 is 11.7. The number of hydrogen-bond acceptors (Lipinski definition) is 1. The number of benzene rings is 2. The van der Waals surface area contributed by atoms with Crippen LogP contribution in [0.5, 0.6) is 0 Å². The monoisotopic (exact) mass is 296 g/mol. The molecule has 0 aliphatic rings. The zero-order chi connectivity index (χ0) is 14.0. The lowest BCUT2D eigenvalue weighted by atomic mass is 10.0. The highest BCUT2D eigenvalue weighted by molar-refractivity contribution is 6.32. The Bertz CT molecular complexity index is 638. The van der Waals surface area contributed by atoms with E-state index in [-0.39, 0.29) is 22.8 Å². The predicted octanol–water partition coefficient (Wildman–Crippen LogP) is 4.87. The van der Waals surface area contributed by atoms with Crippen molar-refractivity contribution in [2.45, 2.75) is 13.3 Å². The molecule has 2 aromatic carbocycles. The fraction of sp³-hybridized carbons (Fsp3) is 0.133. The molecule has 0 unspecified atom stereocenters. The Balaban J connectivity index is 2.28. The number of Topliss-reactive ketones (excluding diaryl/α,β-unsaturated/α-hetero) is 1. The van der Waals surface area contributed by atoms with Gasteiger partial charge in [-0.3, -0.25) is 4.79 Å². The van der Waals surface area contributed by atoms with E-state index in [4.69, 9.17) is 23.2 Å². The Kier molecular flexibility index (Phi) is 4.23. The van der Waals surface area contributed by atoms with E-state index >= 15 is 0 Å². The van der Waals surface area contributed by atoms with Crippen molar-refractivity contribution in [1.29, 1.82) is 0 Å². The molecule has 0 atom stereocenters. The van der Waals surface area contributed by atoms with E-state index in [0.717, 1.165) is 5.56 Å². The maximum absolute atomic E-state index is 13.7. The molecule has 0 amide bonds. The largest absolute Gasteiger partial charge is 0.294 e. The molecule has 0 spiro atoms. The number of rotatable bonds is 3. The third kappa shape index (κ3) is 3.14. The molecule has 2 aromatic rings. The summed E-state index contributed by atoms with van der Waals surface area (Å²) < 4.78 is 13.7. The number of aryl methyl sites for hydroxylation is 1. The molecule has 0 radical (unpaired) electrons. The third-order valence-electron chi connectivity index (χ3n) is 2.81. The summed E-state index contributed by atoms with van der Waals surface area (Å²) in [5.74, 6) is -1.02. The normalized spacial score (nSPS) is 10.5. The van der Waals surface area contributed by atoms with E-state index in [1.807, 2.05) is 13.0 Å². The molecule has 4 heteroatoms. The summed E-state index contributed by atoms with van der Waals surface area (Å²) in [5, 5.41) is 0.455. The lowest BCUT2D eigenvalue weighted by Crippen LogP contribution is -2.07. The molecule has 1 nitrogen and oxygen atoms in total. The van der Waals surface area contributed by atoms with Crippen molar-refractivity contribution in [2.75, 3.05) is 0 Å². The van der Waals surface area contributed by atoms with Gasteiger partial charge in [0.15, 0.2) is 11.6 Å². The Morgan fingerprint density at radius 3 is 2.58 bits per heavy atom. The molecule has 0 saturated carbocycles. The third-order valence-corrected chi connectivity index (χ3v) is 3.46. The van der Waals surface area contributed by atoms with Crippen LogP contribution in [-0.4, -0.2) is 5.78 Å². The van der Waals surface area contributed by atoms with Gasteiger partial charge in [0, 0.05) is 11.4 Å². The second kappa shape index (κ2) is 5.72. The zero-order valence-electron chi connectivity index (χ0n) is 10.2. The van der Waals surface area contributed by atoms with Crippen molar-refractivity contribution in [2.24, 2.45) is 0 Å². The maximum Gasteiger partial charge on any atom is 0.170 e. The number of carbonyl (C=O) groups excluding carboxylic acids is 1. The van der Waals surface area contributed by atoms with Crippen LogP contribution >= 0.6 is 23.2 Å². The van der Waals surface area contributed by atoms with Gasteiger partial charge in [-0.05, 0) is 36.2 Å². The molecule has 0 aromatic heterocycles. The number of hydrogen-bond donors (Lipinski definition) is 0. The maximum atomic E-state index is 13.7. The second-order valence-corrected chi connectivity index (χ2v) is 5.11. The summed E-state index contributed by atoms with van der Waals surface area (Å²) in [7, 11) is 0. The first-order valence-corrected chi connectivity index (χ1v) is 6.47. The SMILES string of the molecule is Cc1ccc(CC(=O)c2cccc(Cl)c2F)c(Cl)c1. The average Bonchev–Trinajstić information content (AvgIpc) is 2.36. The van der Waals surface area contributed by atoms with Gasteiger partial charge in [0.2, 0.25) is 0 Å². The van der Waals surface area contributed by atoms with Gasteiger partial charge in [-0.25, -0.2) is 4.39 Å². The van der Waals surface area contributed by atoms with E-state index in [0.29, 0.717) is 10.6 Å².